The number of aliphatic hydroxyl groups is 2. The smallest absolute Gasteiger partial charge is 0.0781 e. The molecule has 0 saturated heterocycles. The zero-order chi connectivity index (χ0) is 19.2. The van der Waals surface area contributed by atoms with Crippen molar-refractivity contribution in [1.82, 2.24) is 0 Å². The summed E-state index contributed by atoms with van der Waals surface area (Å²) in [6.45, 7) is 10.4. The van der Waals surface area contributed by atoms with E-state index in [1.807, 2.05) is 6.92 Å². The minimum Gasteiger partial charge on any atom is -0.394 e. The van der Waals surface area contributed by atoms with E-state index in [2.05, 4.69) is 6.92 Å². The van der Waals surface area contributed by atoms with Gasteiger partial charge in [0.2, 0.25) is 0 Å². The van der Waals surface area contributed by atoms with Crippen molar-refractivity contribution in [2.75, 3.05) is 66.6 Å². The predicted octanol–water partition coefficient (Wildman–Crippen LogP) is 1.64. The Kier molecular flexibility index (Phi) is 25.6. The van der Waals surface area contributed by atoms with E-state index in [9.17, 15) is 0 Å². The maximum atomic E-state index is 8.80. The largest absolute Gasteiger partial charge is 0.394 e. The Hall–Kier alpha value is -0.280. The van der Waals surface area contributed by atoms with Gasteiger partial charge in [-0.2, -0.15) is 0 Å². The molecule has 0 heterocycles. The quantitative estimate of drug-likeness (QED) is 0.377. The van der Waals surface area contributed by atoms with Crippen LogP contribution >= 0.6 is 0 Å². The first-order valence-corrected chi connectivity index (χ1v) is 9.21. The van der Waals surface area contributed by atoms with E-state index in [1.165, 1.54) is 12.8 Å². The van der Waals surface area contributed by atoms with Gasteiger partial charge in [-0.3, -0.25) is 0 Å². The van der Waals surface area contributed by atoms with Crippen LogP contribution < -0.4 is 0 Å². The highest BCUT2D eigenvalue weighted by Crippen LogP contribution is 1.94. The fraction of sp³-hybridized carbons (Fsp3) is 1.00. The second-order valence-corrected chi connectivity index (χ2v) is 5.72. The molecule has 25 heavy (non-hydrogen) atoms. The minimum atomic E-state index is -0.390. The standard InChI is InChI=1S/C11H24O4.C7H16O3/c1-2-3-4-6-13-8-10-15-11-9-14-7-5-12;1-6(8)4-10-7(2)5-9-3/h12H,2-11H2,1H3;6-8H,4-5H2,1-3H3. The number of unbranched alkanes of at least 4 members (excludes halogenated alkanes) is 2. The zero-order valence-corrected chi connectivity index (χ0v) is 16.6. The predicted molar refractivity (Wildman–Crippen MR) is 98.0 cm³/mol. The third-order valence-corrected chi connectivity index (χ3v) is 2.90. The van der Waals surface area contributed by atoms with E-state index in [0.717, 1.165) is 13.0 Å². The summed E-state index contributed by atoms with van der Waals surface area (Å²) in [7, 11) is 1.63. The van der Waals surface area contributed by atoms with Crippen LogP contribution in [0.4, 0.5) is 0 Å². The number of ether oxygens (including phenoxy) is 5. The Balaban J connectivity index is 0. The summed E-state index contributed by atoms with van der Waals surface area (Å²) in [5, 5.41) is 17.2. The number of aliphatic hydroxyl groups excluding tert-OH is 2. The molecule has 0 bridgehead atoms. The normalized spacial score (nSPS) is 13.2. The third-order valence-electron chi connectivity index (χ3n) is 2.90. The molecule has 7 nitrogen and oxygen atoms in total. The van der Waals surface area contributed by atoms with Gasteiger partial charge in [-0.05, 0) is 20.3 Å². The highest BCUT2D eigenvalue weighted by Gasteiger charge is 2.02. The Morgan fingerprint density at radius 1 is 0.800 bits per heavy atom. The Morgan fingerprint density at radius 3 is 1.84 bits per heavy atom. The number of rotatable bonds is 17. The first-order valence-electron chi connectivity index (χ1n) is 9.21. The summed E-state index contributed by atoms with van der Waals surface area (Å²) in [6.07, 6.45) is 3.27. The van der Waals surface area contributed by atoms with Gasteiger partial charge >= 0.3 is 0 Å². The fourth-order valence-electron chi connectivity index (χ4n) is 1.65. The molecule has 0 spiro atoms. The maximum Gasteiger partial charge on any atom is 0.0781 e. The summed E-state index contributed by atoms with van der Waals surface area (Å²) < 4.78 is 25.6. The van der Waals surface area contributed by atoms with Gasteiger partial charge in [0, 0.05) is 13.7 Å². The van der Waals surface area contributed by atoms with Gasteiger partial charge in [0.05, 0.1) is 65.1 Å². The van der Waals surface area contributed by atoms with Crippen LogP contribution in [-0.2, 0) is 23.7 Å². The first-order chi connectivity index (χ1) is 12.1. The highest BCUT2D eigenvalue weighted by atomic mass is 16.5. The summed E-state index contributed by atoms with van der Waals surface area (Å²) >= 11 is 0. The Morgan fingerprint density at radius 2 is 1.36 bits per heavy atom. The van der Waals surface area contributed by atoms with E-state index in [0.29, 0.717) is 46.2 Å². The van der Waals surface area contributed by atoms with Crippen LogP contribution in [0.1, 0.15) is 40.0 Å². The number of hydrogen-bond acceptors (Lipinski definition) is 7. The van der Waals surface area contributed by atoms with Crippen molar-refractivity contribution >= 4 is 0 Å². The average Bonchev–Trinajstić information content (AvgIpc) is 2.59. The van der Waals surface area contributed by atoms with E-state index in [1.54, 1.807) is 14.0 Å². The van der Waals surface area contributed by atoms with Crippen LogP contribution in [-0.4, -0.2) is 89.0 Å². The number of methoxy groups -OCH3 is 1. The minimum absolute atomic E-state index is 0.0691. The van der Waals surface area contributed by atoms with Crippen LogP contribution in [0.3, 0.4) is 0 Å². The van der Waals surface area contributed by atoms with Crippen molar-refractivity contribution in [3.63, 3.8) is 0 Å². The molecule has 0 amide bonds. The van der Waals surface area contributed by atoms with Crippen LogP contribution in [0.15, 0.2) is 0 Å². The molecule has 2 N–H and O–H groups in total. The summed E-state index contributed by atoms with van der Waals surface area (Å²) in [4.78, 5) is 0. The Bertz CT molecular complexity index is 215. The van der Waals surface area contributed by atoms with Crippen LogP contribution in [0.2, 0.25) is 0 Å². The zero-order valence-electron chi connectivity index (χ0n) is 16.6. The first kappa shape index (κ1) is 26.9. The molecule has 0 aliphatic rings. The summed E-state index contributed by atoms with van der Waals surface area (Å²) in [5.41, 5.74) is 0. The van der Waals surface area contributed by atoms with Crippen molar-refractivity contribution in [3.05, 3.63) is 0 Å². The van der Waals surface area contributed by atoms with Gasteiger partial charge in [-0.25, -0.2) is 0 Å². The monoisotopic (exact) mass is 368 g/mol. The van der Waals surface area contributed by atoms with Crippen molar-refractivity contribution in [2.45, 2.75) is 52.2 Å². The average molecular weight is 369 g/mol. The molecule has 0 aromatic heterocycles. The molecule has 154 valence electrons. The SMILES string of the molecule is CCCCCOCCOCCOCCO.COCC(C)OCC(C)O. The third kappa shape index (κ3) is 28.8. The molecular formula is C18H40O7. The fourth-order valence-corrected chi connectivity index (χ4v) is 1.65. The van der Waals surface area contributed by atoms with Crippen molar-refractivity contribution in [1.29, 1.82) is 0 Å². The molecule has 0 aromatic carbocycles. The highest BCUT2D eigenvalue weighted by molar-refractivity contribution is 4.48. The van der Waals surface area contributed by atoms with Crippen LogP contribution in [0.5, 0.6) is 0 Å². The van der Waals surface area contributed by atoms with Gasteiger partial charge in [0.1, 0.15) is 0 Å². The van der Waals surface area contributed by atoms with Crippen LogP contribution in [0.25, 0.3) is 0 Å². The molecule has 0 aromatic rings. The van der Waals surface area contributed by atoms with Gasteiger partial charge in [-0.15, -0.1) is 0 Å². The maximum absolute atomic E-state index is 8.80. The van der Waals surface area contributed by atoms with E-state index >= 15 is 0 Å². The lowest BCUT2D eigenvalue weighted by Crippen LogP contribution is -2.20. The molecule has 2 unspecified atom stereocenters. The molecule has 7 heteroatoms. The number of hydrogen-bond donors (Lipinski definition) is 2. The second kappa shape index (κ2) is 23.7. The molecule has 0 radical (unpaired) electrons. The van der Waals surface area contributed by atoms with Crippen molar-refractivity contribution in [2.24, 2.45) is 0 Å². The van der Waals surface area contributed by atoms with Crippen molar-refractivity contribution in [3.8, 4) is 0 Å². The van der Waals surface area contributed by atoms with Gasteiger partial charge in [-0.1, -0.05) is 19.8 Å². The van der Waals surface area contributed by atoms with Gasteiger partial charge in [0.15, 0.2) is 0 Å². The molecule has 2 atom stereocenters. The lowest BCUT2D eigenvalue weighted by Gasteiger charge is -2.12. The van der Waals surface area contributed by atoms with Crippen molar-refractivity contribution < 1.29 is 33.9 Å². The summed E-state index contributed by atoms with van der Waals surface area (Å²) in [6, 6.07) is 0. The van der Waals surface area contributed by atoms with E-state index in [-0.39, 0.29) is 18.8 Å². The lowest BCUT2D eigenvalue weighted by molar-refractivity contribution is -0.0268. The molecule has 0 saturated carbocycles. The molecule has 0 aliphatic carbocycles. The van der Waals surface area contributed by atoms with Gasteiger partial charge < -0.3 is 33.9 Å². The molecule has 0 fully saturated rings. The topological polar surface area (TPSA) is 86.6 Å². The molecule has 0 rings (SSSR count). The van der Waals surface area contributed by atoms with Gasteiger partial charge in [0.25, 0.3) is 0 Å². The lowest BCUT2D eigenvalue weighted by atomic mass is 10.3. The second-order valence-electron chi connectivity index (χ2n) is 5.72. The van der Waals surface area contributed by atoms with E-state index in [4.69, 9.17) is 33.9 Å². The summed E-state index contributed by atoms with van der Waals surface area (Å²) in [5.74, 6) is 0. The molecule has 0 aliphatic heterocycles. The van der Waals surface area contributed by atoms with E-state index < -0.39 is 0 Å². The van der Waals surface area contributed by atoms with Crippen LogP contribution in [0, 0.1) is 0 Å². The molecular weight excluding hydrogens is 328 g/mol. The Labute approximate surface area is 153 Å².